The van der Waals surface area contributed by atoms with Crippen LogP contribution in [-0.4, -0.2) is 52.7 Å². The molecule has 6 rings (SSSR count). The first-order valence-electron chi connectivity index (χ1n) is 12.3. The molecule has 1 saturated carbocycles. The topological polar surface area (TPSA) is 95.7 Å². The maximum absolute atomic E-state index is 13.0. The number of nitrogens with zero attached hydrogens (tertiary/aromatic N) is 2. The van der Waals surface area contributed by atoms with E-state index in [1.54, 1.807) is 4.90 Å². The Morgan fingerprint density at radius 2 is 1.79 bits per heavy atom. The number of hydrogen-bond acceptors (Lipinski definition) is 5. The van der Waals surface area contributed by atoms with E-state index in [9.17, 15) is 14.4 Å². The number of fused-ring (bicyclic) bond motifs is 3. The van der Waals surface area contributed by atoms with Crippen LogP contribution in [0.15, 0.2) is 48.5 Å². The van der Waals surface area contributed by atoms with Gasteiger partial charge in [0.15, 0.2) is 0 Å². The maximum Gasteiger partial charge on any atom is 0.255 e. The molecule has 7 nitrogen and oxygen atoms in total. The molecule has 1 unspecified atom stereocenters. The van der Waals surface area contributed by atoms with Crippen molar-refractivity contribution in [1.29, 1.82) is 0 Å². The Morgan fingerprint density at radius 3 is 2.59 bits per heavy atom. The van der Waals surface area contributed by atoms with Gasteiger partial charge in [-0.1, -0.05) is 42.5 Å². The van der Waals surface area contributed by atoms with E-state index in [0.29, 0.717) is 36.3 Å². The van der Waals surface area contributed by atoms with Crippen molar-refractivity contribution in [3.8, 4) is 0 Å². The number of rotatable bonds is 4. The molecule has 34 heavy (non-hydrogen) atoms. The molecule has 176 valence electrons. The number of hydrogen-bond donors (Lipinski definition) is 2. The lowest BCUT2D eigenvalue weighted by Crippen LogP contribution is -2.52. The summed E-state index contributed by atoms with van der Waals surface area (Å²) in [6, 6.07) is 16.4. The minimum absolute atomic E-state index is 0.122. The van der Waals surface area contributed by atoms with Gasteiger partial charge in [0.1, 0.15) is 6.04 Å². The molecule has 0 aromatic heterocycles. The van der Waals surface area contributed by atoms with Crippen molar-refractivity contribution in [2.24, 2.45) is 17.6 Å². The standard InChI is InChI=1S/C27H30N4O3/c28-25-20-11-19(24(25)17-4-2-1-3-5-17)13-30(14-20)12-16-6-7-21-18(10-16)15-31(27(21)34)22-8-9-23(32)29-26(22)33/h1-7,10,19-20,22,24-25H,8-9,11-15,28H2,(H,29,32,33)/t19-,20+,22?,24-,25-/m0/s1. The summed E-state index contributed by atoms with van der Waals surface area (Å²) in [7, 11) is 0. The highest BCUT2D eigenvalue weighted by atomic mass is 16.2. The van der Waals surface area contributed by atoms with Crippen LogP contribution in [0.5, 0.6) is 0 Å². The third-order valence-corrected chi connectivity index (χ3v) is 8.24. The molecule has 2 bridgehead atoms. The highest BCUT2D eigenvalue weighted by Gasteiger charge is 2.46. The maximum atomic E-state index is 13.0. The van der Waals surface area contributed by atoms with Crippen LogP contribution in [0.25, 0.3) is 0 Å². The Morgan fingerprint density at radius 1 is 1.00 bits per heavy atom. The average molecular weight is 459 g/mol. The predicted molar refractivity (Wildman–Crippen MR) is 127 cm³/mol. The van der Waals surface area contributed by atoms with Crippen molar-refractivity contribution in [1.82, 2.24) is 15.1 Å². The zero-order chi connectivity index (χ0) is 23.4. The molecule has 3 fully saturated rings. The van der Waals surface area contributed by atoms with Gasteiger partial charge in [-0.15, -0.1) is 0 Å². The second-order valence-electron chi connectivity index (χ2n) is 10.4. The van der Waals surface area contributed by atoms with Crippen LogP contribution in [0.2, 0.25) is 0 Å². The summed E-state index contributed by atoms with van der Waals surface area (Å²) >= 11 is 0. The van der Waals surface area contributed by atoms with Crippen LogP contribution in [0.3, 0.4) is 0 Å². The van der Waals surface area contributed by atoms with Crippen molar-refractivity contribution in [2.45, 2.75) is 50.4 Å². The van der Waals surface area contributed by atoms with E-state index >= 15 is 0 Å². The van der Waals surface area contributed by atoms with Crippen molar-refractivity contribution in [3.63, 3.8) is 0 Å². The second kappa shape index (κ2) is 8.32. The van der Waals surface area contributed by atoms with E-state index < -0.39 is 6.04 Å². The molecule has 3 heterocycles. The first-order valence-corrected chi connectivity index (χ1v) is 12.3. The van der Waals surface area contributed by atoms with Gasteiger partial charge >= 0.3 is 0 Å². The summed E-state index contributed by atoms with van der Waals surface area (Å²) in [6.07, 6.45) is 1.85. The fourth-order valence-electron chi connectivity index (χ4n) is 6.71. The summed E-state index contributed by atoms with van der Waals surface area (Å²) < 4.78 is 0. The predicted octanol–water partition coefficient (Wildman–Crippen LogP) is 2.01. The third kappa shape index (κ3) is 3.63. The minimum atomic E-state index is -0.574. The first-order chi connectivity index (χ1) is 16.5. The van der Waals surface area contributed by atoms with Crippen LogP contribution in [0, 0.1) is 11.8 Å². The lowest BCUT2D eigenvalue weighted by Gasteiger charge is -2.32. The van der Waals surface area contributed by atoms with Crippen molar-refractivity contribution < 1.29 is 14.4 Å². The van der Waals surface area contributed by atoms with Crippen LogP contribution in [0.1, 0.15) is 52.2 Å². The summed E-state index contributed by atoms with van der Waals surface area (Å²) in [6.45, 7) is 3.28. The van der Waals surface area contributed by atoms with Gasteiger partial charge in [0.2, 0.25) is 11.8 Å². The fourth-order valence-corrected chi connectivity index (χ4v) is 6.71. The van der Waals surface area contributed by atoms with Gasteiger partial charge < -0.3 is 10.6 Å². The summed E-state index contributed by atoms with van der Waals surface area (Å²) in [5.41, 5.74) is 10.9. The molecule has 2 saturated heterocycles. The summed E-state index contributed by atoms with van der Waals surface area (Å²) in [5, 5.41) is 2.36. The molecular formula is C27H30N4O3. The van der Waals surface area contributed by atoms with E-state index in [0.717, 1.165) is 25.2 Å². The number of nitrogens with one attached hydrogen (secondary N) is 1. The SMILES string of the molecule is N[C@H]1[C@@H]2C[C@@H](CN(Cc3ccc4c(c3)CN(C3CCC(=O)NC3=O)C4=O)C2)[C@@H]1c1ccccc1. The number of benzene rings is 2. The largest absolute Gasteiger partial charge is 0.327 e. The minimum Gasteiger partial charge on any atom is -0.327 e. The molecule has 0 radical (unpaired) electrons. The first kappa shape index (κ1) is 21.5. The normalized spacial score (nSPS) is 31.0. The molecule has 2 aromatic rings. The molecule has 0 spiro atoms. The molecule has 2 aromatic carbocycles. The number of carbonyl (C=O) groups is 3. The Kier molecular flexibility index (Phi) is 5.26. The van der Waals surface area contributed by atoms with Crippen molar-refractivity contribution >= 4 is 17.7 Å². The van der Waals surface area contributed by atoms with E-state index in [-0.39, 0.29) is 30.2 Å². The fraction of sp³-hybridized carbons (Fsp3) is 0.444. The monoisotopic (exact) mass is 458 g/mol. The van der Waals surface area contributed by atoms with Crippen LogP contribution in [-0.2, 0) is 22.7 Å². The number of nitrogens with two attached hydrogens (primary N) is 1. The molecule has 4 aliphatic rings. The van der Waals surface area contributed by atoms with E-state index in [1.807, 2.05) is 12.1 Å². The lowest BCUT2D eigenvalue weighted by molar-refractivity contribution is -0.136. The number of likely N-dealkylation sites (tertiary alicyclic amines) is 1. The van der Waals surface area contributed by atoms with Gasteiger partial charge in [0.05, 0.1) is 0 Å². The van der Waals surface area contributed by atoms with Crippen LogP contribution < -0.4 is 11.1 Å². The molecule has 3 amide bonds. The average Bonchev–Trinajstić information content (AvgIpc) is 3.26. The Hall–Kier alpha value is -3.03. The van der Waals surface area contributed by atoms with Crippen molar-refractivity contribution in [2.75, 3.05) is 13.1 Å². The van der Waals surface area contributed by atoms with Gasteiger partial charge in [0.25, 0.3) is 5.91 Å². The highest BCUT2D eigenvalue weighted by Crippen LogP contribution is 2.46. The highest BCUT2D eigenvalue weighted by molar-refractivity contribution is 6.05. The zero-order valence-corrected chi connectivity index (χ0v) is 19.2. The Labute approximate surface area is 199 Å². The van der Waals surface area contributed by atoms with E-state index in [4.69, 9.17) is 5.73 Å². The van der Waals surface area contributed by atoms with Gasteiger partial charge in [-0.25, -0.2) is 0 Å². The quantitative estimate of drug-likeness (QED) is 0.684. The molecule has 3 N–H and O–H groups in total. The lowest BCUT2D eigenvalue weighted by atomic mass is 9.87. The molecule has 1 aliphatic carbocycles. The van der Waals surface area contributed by atoms with Gasteiger partial charge in [-0.2, -0.15) is 0 Å². The van der Waals surface area contributed by atoms with E-state index in [2.05, 4.69) is 46.6 Å². The van der Waals surface area contributed by atoms with E-state index in [1.165, 1.54) is 17.5 Å². The Bertz CT molecular complexity index is 1150. The molecule has 3 aliphatic heterocycles. The van der Waals surface area contributed by atoms with Crippen molar-refractivity contribution in [3.05, 3.63) is 70.8 Å². The van der Waals surface area contributed by atoms with Gasteiger partial charge in [-0.05, 0) is 47.4 Å². The molecule has 7 heteroatoms. The second-order valence-corrected chi connectivity index (χ2v) is 10.4. The number of imide groups is 1. The molecule has 5 atom stereocenters. The van der Waals surface area contributed by atoms with Crippen LogP contribution >= 0.6 is 0 Å². The van der Waals surface area contributed by atoms with Crippen LogP contribution in [0.4, 0.5) is 0 Å². The number of piperidine rings is 2. The Balaban J connectivity index is 1.15. The summed E-state index contributed by atoms with van der Waals surface area (Å²) in [4.78, 5) is 40.9. The summed E-state index contributed by atoms with van der Waals surface area (Å²) in [5.74, 6) is 0.723. The smallest absolute Gasteiger partial charge is 0.255 e. The van der Waals surface area contributed by atoms with Gasteiger partial charge in [0, 0.05) is 50.1 Å². The van der Waals surface area contributed by atoms with Gasteiger partial charge in [-0.3, -0.25) is 24.6 Å². The number of carbonyl (C=O) groups excluding carboxylic acids is 3. The zero-order valence-electron chi connectivity index (χ0n) is 19.2. The third-order valence-electron chi connectivity index (χ3n) is 8.24. The number of amides is 3. The molecular weight excluding hydrogens is 428 g/mol.